The van der Waals surface area contributed by atoms with Gasteiger partial charge in [-0.1, -0.05) is 48.0 Å². The third kappa shape index (κ3) is 4.13. The van der Waals surface area contributed by atoms with Gasteiger partial charge in [0.05, 0.1) is 18.4 Å². The summed E-state index contributed by atoms with van der Waals surface area (Å²) in [7, 11) is 0. The first-order valence-electron chi connectivity index (χ1n) is 9.05. The van der Waals surface area contributed by atoms with E-state index in [1.807, 2.05) is 31.2 Å². The molecular formula is C20H19N7O2. The Morgan fingerprint density at radius 1 is 1.00 bits per heavy atom. The van der Waals surface area contributed by atoms with Gasteiger partial charge in [0.15, 0.2) is 0 Å². The van der Waals surface area contributed by atoms with Crippen molar-refractivity contribution in [1.82, 2.24) is 29.6 Å². The van der Waals surface area contributed by atoms with Crippen LogP contribution in [0.3, 0.4) is 0 Å². The summed E-state index contributed by atoms with van der Waals surface area (Å²) >= 11 is 0. The number of rotatable bonds is 6. The molecule has 0 radical (unpaired) electrons. The van der Waals surface area contributed by atoms with Gasteiger partial charge in [-0.2, -0.15) is 14.5 Å². The van der Waals surface area contributed by atoms with Crippen molar-refractivity contribution in [3.8, 4) is 5.69 Å². The van der Waals surface area contributed by atoms with E-state index in [2.05, 4.69) is 26.9 Å². The maximum Gasteiger partial charge on any atom is 0.368 e. The molecule has 4 rings (SSSR count). The summed E-state index contributed by atoms with van der Waals surface area (Å²) in [5.41, 5.74) is 2.33. The topological polar surface area (TPSA) is 99.6 Å². The van der Waals surface area contributed by atoms with E-state index >= 15 is 0 Å². The SMILES string of the molecule is Cc1cccc(Cn2nccc2NC(=O)Cn2nnn(-c3ccccc3)c2=O)c1. The minimum Gasteiger partial charge on any atom is -0.309 e. The number of anilines is 1. The lowest BCUT2D eigenvalue weighted by molar-refractivity contribution is -0.117. The van der Waals surface area contributed by atoms with Crippen molar-refractivity contribution in [3.05, 3.63) is 88.5 Å². The normalized spacial score (nSPS) is 10.8. The van der Waals surface area contributed by atoms with Crippen LogP contribution in [0, 0.1) is 6.92 Å². The zero-order valence-corrected chi connectivity index (χ0v) is 15.8. The highest BCUT2D eigenvalue weighted by Crippen LogP contribution is 2.11. The highest BCUT2D eigenvalue weighted by atomic mass is 16.2. The molecule has 0 unspecified atom stereocenters. The Labute approximate surface area is 166 Å². The summed E-state index contributed by atoms with van der Waals surface area (Å²) in [6.45, 7) is 2.30. The van der Waals surface area contributed by atoms with Gasteiger partial charge in [0, 0.05) is 6.07 Å². The molecule has 29 heavy (non-hydrogen) atoms. The van der Waals surface area contributed by atoms with E-state index in [-0.39, 0.29) is 6.54 Å². The van der Waals surface area contributed by atoms with Crippen LogP contribution in [0.2, 0.25) is 0 Å². The number of nitrogens with one attached hydrogen (secondary N) is 1. The Morgan fingerprint density at radius 3 is 2.62 bits per heavy atom. The Hall–Kier alpha value is -4.01. The van der Waals surface area contributed by atoms with Crippen molar-refractivity contribution < 1.29 is 4.79 Å². The molecule has 0 aliphatic heterocycles. The van der Waals surface area contributed by atoms with E-state index in [0.717, 1.165) is 20.5 Å². The number of hydrogen-bond acceptors (Lipinski definition) is 5. The van der Waals surface area contributed by atoms with Crippen LogP contribution >= 0.6 is 0 Å². The molecular weight excluding hydrogens is 370 g/mol. The van der Waals surface area contributed by atoms with Crippen LogP contribution in [-0.4, -0.2) is 35.5 Å². The van der Waals surface area contributed by atoms with Crippen LogP contribution in [0.15, 0.2) is 71.7 Å². The van der Waals surface area contributed by atoms with E-state index < -0.39 is 11.6 Å². The van der Waals surface area contributed by atoms with Crippen molar-refractivity contribution in [1.29, 1.82) is 0 Å². The van der Waals surface area contributed by atoms with E-state index in [4.69, 9.17) is 0 Å². The monoisotopic (exact) mass is 389 g/mol. The van der Waals surface area contributed by atoms with Gasteiger partial charge in [0.25, 0.3) is 0 Å². The Bertz CT molecular complexity index is 1190. The Morgan fingerprint density at radius 2 is 1.83 bits per heavy atom. The zero-order chi connectivity index (χ0) is 20.2. The summed E-state index contributed by atoms with van der Waals surface area (Å²) in [6, 6.07) is 18.7. The molecule has 9 nitrogen and oxygen atoms in total. The first kappa shape index (κ1) is 18.4. The van der Waals surface area contributed by atoms with E-state index in [1.165, 1.54) is 0 Å². The van der Waals surface area contributed by atoms with Crippen LogP contribution in [0.1, 0.15) is 11.1 Å². The quantitative estimate of drug-likeness (QED) is 0.540. The molecule has 0 bridgehead atoms. The second kappa shape index (κ2) is 7.93. The number of hydrogen-bond donors (Lipinski definition) is 1. The molecule has 1 N–H and O–H groups in total. The lowest BCUT2D eigenvalue weighted by Gasteiger charge is -2.09. The average Bonchev–Trinajstić information content (AvgIpc) is 3.29. The van der Waals surface area contributed by atoms with Gasteiger partial charge in [0.2, 0.25) is 5.91 Å². The smallest absolute Gasteiger partial charge is 0.309 e. The molecule has 146 valence electrons. The number of aromatic nitrogens is 6. The average molecular weight is 389 g/mol. The summed E-state index contributed by atoms with van der Waals surface area (Å²) in [5.74, 6) is 0.151. The molecule has 2 aromatic carbocycles. The van der Waals surface area contributed by atoms with Crippen molar-refractivity contribution in [2.45, 2.75) is 20.0 Å². The summed E-state index contributed by atoms with van der Waals surface area (Å²) in [6.07, 6.45) is 1.61. The second-order valence-electron chi connectivity index (χ2n) is 6.58. The van der Waals surface area contributed by atoms with Gasteiger partial charge in [-0.3, -0.25) is 4.79 Å². The van der Waals surface area contributed by atoms with Gasteiger partial charge < -0.3 is 5.32 Å². The molecule has 1 amide bonds. The van der Waals surface area contributed by atoms with Gasteiger partial charge in [0.1, 0.15) is 12.4 Å². The fourth-order valence-electron chi connectivity index (χ4n) is 2.97. The number of benzene rings is 2. The van der Waals surface area contributed by atoms with Crippen LogP contribution in [0.5, 0.6) is 0 Å². The Balaban J connectivity index is 1.46. The molecule has 9 heteroatoms. The number of nitrogens with zero attached hydrogens (tertiary/aromatic N) is 6. The van der Waals surface area contributed by atoms with Crippen molar-refractivity contribution in [2.24, 2.45) is 0 Å². The Kier molecular flexibility index (Phi) is 5.02. The van der Waals surface area contributed by atoms with Gasteiger partial charge in [-0.15, -0.1) is 0 Å². The molecule has 2 heterocycles. The maximum absolute atomic E-state index is 12.5. The first-order valence-corrected chi connectivity index (χ1v) is 9.05. The molecule has 0 atom stereocenters. The molecule has 0 aliphatic rings. The van der Waals surface area contributed by atoms with Crippen LogP contribution in [0.4, 0.5) is 5.82 Å². The van der Waals surface area contributed by atoms with Crippen LogP contribution < -0.4 is 11.0 Å². The summed E-state index contributed by atoms with van der Waals surface area (Å²) in [4.78, 5) is 24.9. The lowest BCUT2D eigenvalue weighted by atomic mass is 10.1. The third-order valence-electron chi connectivity index (χ3n) is 4.33. The standard InChI is InChI=1S/C20H19N7O2/c1-15-6-5-7-16(12-15)13-25-18(10-11-21-25)22-19(28)14-26-20(29)27(24-23-26)17-8-3-2-4-9-17/h2-12H,13-14H2,1H3,(H,22,28). The largest absolute Gasteiger partial charge is 0.368 e. The van der Waals surface area contributed by atoms with Gasteiger partial charge in [-0.05, 0) is 35.0 Å². The van der Waals surface area contributed by atoms with E-state index in [0.29, 0.717) is 18.1 Å². The molecule has 0 saturated carbocycles. The minimum atomic E-state index is -0.486. The van der Waals surface area contributed by atoms with Crippen LogP contribution in [-0.2, 0) is 17.9 Å². The number of tetrazole rings is 1. The fourth-order valence-corrected chi connectivity index (χ4v) is 2.97. The van der Waals surface area contributed by atoms with Crippen molar-refractivity contribution >= 4 is 11.7 Å². The van der Waals surface area contributed by atoms with Gasteiger partial charge in [-0.25, -0.2) is 9.48 Å². The molecule has 0 spiro atoms. The minimum absolute atomic E-state index is 0.249. The number of amides is 1. The van der Waals surface area contributed by atoms with E-state index in [1.54, 1.807) is 41.2 Å². The number of aryl methyl sites for hydroxylation is 1. The first-order chi connectivity index (χ1) is 14.1. The predicted molar refractivity (Wildman–Crippen MR) is 107 cm³/mol. The molecule has 4 aromatic rings. The third-order valence-corrected chi connectivity index (χ3v) is 4.33. The second-order valence-corrected chi connectivity index (χ2v) is 6.58. The van der Waals surface area contributed by atoms with Crippen molar-refractivity contribution in [3.63, 3.8) is 0 Å². The highest BCUT2D eigenvalue weighted by molar-refractivity contribution is 5.89. The lowest BCUT2D eigenvalue weighted by Crippen LogP contribution is -2.30. The van der Waals surface area contributed by atoms with E-state index in [9.17, 15) is 9.59 Å². The van der Waals surface area contributed by atoms with Gasteiger partial charge >= 0.3 is 5.69 Å². The maximum atomic E-state index is 12.5. The number of carbonyl (C=O) groups excluding carboxylic acids is 1. The molecule has 0 saturated heterocycles. The number of carbonyl (C=O) groups is 1. The number of para-hydroxylation sites is 1. The molecule has 0 aliphatic carbocycles. The highest BCUT2D eigenvalue weighted by Gasteiger charge is 2.14. The fraction of sp³-hybridized carbons (Fsp3) is 0.150. The predicted octanol–water partition coefficient (Wildman–Crippen LogP) is 1.62. The molecule has 0 fully saturated rings. The molecule has 2 aromatic heterocycles. The zero-order valence-electron chi connectivity index (χ0n) is 15.8. The summed E-state index contributed by atoms with van der Waals surface area (Å²) in [5, 5.41) is 14.7. The van der Waals surface area contributed by atoms with Crippen molar-refractivity contribution in [2.75, 3.05) is 5.32 Å². The summed E-state index contributed by atoms with van der Waals surface area (Å²) < 4.78 is 3.86. The van der Waals surface area contributed by atoms with Crippen LogP contribution in [0.25, 0.3) is 5.69 Å².